The quantitative estimate of drug-likeness (QED) is 0.681. The van der Waals surface area contributed by atoms with E-state index < -0.39 is 0 Å². The van der Waals surface area contributed by atoms with Gasteiger partial charge < -0.3 is 4.74 Å². The van der Waals surface area contributed by atoms with Crippen molar-refractivity contribution in [2.75, 3.05) is 0 Å². The van der Waals surface area contributed by atoms with Crippen molar-refractivity contribution in [3.63, 3.8) is 0 Å². The maximum Gasteiger partial charge on any atom is 0.123 e. The third kappa shape index (κ3) is 3.43. The first-order valence-electron chi connectivity index (χ1n) is 6.86. The molecule has 0 aromatic heterocycles. The molecule has 0 heterocycles. The average Bonchev–Trinajstić information content (AvgIpc) is 2.38. The van der Waals surface area contributed by atoms with Crippen LogP contribution in [0.4, 0.5) is 0 Å². The van der Waals surface area contributed by atoms with Gasteiger partial charge in [0.2, 0.25) is 0 Å². The summed E-state index contributed by atoms with van der Waals surface area (Å²) in [5.74, 6) is 0.965. The minimum absolute atomic E-state index is 0.626. The molecule has 2 rings (SSSR count). The van der Waals surface area contributed by atoms with Crippen molar-refractivity contribution in [3.05, 3.63) is 63.7 Å². The molecule has 0 radical (unpaired) electrons. The molecule has 0 aliphatic heterocycles. The molecule has 0 fully saturated rings. The van der Waals surface area contributed by atoms with Crippen molar-refractivity contribution in [2.45, 2.75) is 39.6 Å². The van der Waals surface area contributed by atoms with Gasteiger partial charge in [0.25, 0.3) is 0 Å². The van der Waals surface area contributed by atoms with Gasteiger partial charge in [-0.1, -0.05) is 51.3 Å². The van der Waals surface area contributed by atoms with Crippen LogP contribution in [-0.4, -0.2) is 0 Å². The lowest BCUT2D eigenvalue weighted by Crippen LogP contribution is -2.03. The predicted octanol–water partition coefficient (Wildman–Crippen LogP) is 5.39. The molecule has 20 heavy (non-hydrogen) atoms. The molecule has 0 saturated carbocycles. The number of hydrogen-bond donors (Lipinski definition) is 0. The van der Waals surface area contributed by atoms with Crippen LogP contribution in [0.3, 0.4) is 0 Å². The zero-order chi connectivity index (χ0) is 14.7. The number of halogens is 1. The Kier molecular flexibility index (Phi) is 4.87. The SMILES string of the molecule is Cc1cc(C)c(COc2ccc(C)cc2CBr)c(C)c1. The average molecular weight is 333 g/mol. The molecule has 0 atom stereocenters. The van der Waals surface area contributed by atoms with Gasteiger partial charge >= 0.3 is 0 Å². The summed E-state index contributed by atoms with van der Waals surface area (Å²) in [6.07, 6.45) is 0. The van der Waals surface area contributed by atoms with E-state index >= 15 is 0 Å². The predicted molar refractivity (Wildman–Crippen MR) is 88.8 cm³/mol. The molecule has 0 saturated heterocycles. The van der Waals surface area contributed by atoms with Gasteiger partial charge in [-0.2, -0.15) is 0 Å². The molecule has 0 unspecified atom stereocenters. The van der Waals surface area contributed by atoms with Gasteiger partial charge in [-0.15, -0.1) is 0 Å². The molecular formula is C18H21BrO. The Balaban J connectivity index is 2.21. The Hall–Kier alpha value is -1.28. The Morgan fingerprint density at radius 2 is 1.55 bits per heavy atom. The van der Waals surface area contributed by atoms with Gasteiger partial charge in [-0.25, -0.2) is 0 Å². The first kappa shape index (κ1) is 15.1. The number of alkyl halides is 1. The number of benzene rings is 2. The third-order valence-corrected chi connectivity index (χ3v) is 4.18. The second-order valence-corrected chi connectivity index (χ2v) is 5.97. The molecule has 2 heteroatoms. The van der Waals surface area contributed by atoms with Crippen LogP contribution in [0.1, 0.15) is 33.4 Å². The fraction of sp³-hybridized carbons (Fsp3) is 0.333. The van der Waals surface area contributed by atoms with E-state index in [1.807, 2.05) is 0 Å². The summed E-state index contributed by atoms with van der Waals surface area (Å²) < 4.78 is 6.04. The van der Waals surface area contributed by atoms with E-state index in [9.17, 15) is 0 Å². The molecular weight excluding hydrogens is 312 g/mol. The van der Waals surface area contributed by atoms with Crippen molar-refractivity contribution in [1.29, 1.82) is 0 Å². The number of aryl methyl sites for hydroxylation is 4. The fourth-order valence-electron chi connectivity index (χ4n) is 2.54. The van der Waals surface area contributed by atoms with E-state index in [1.165, 1.54) is 33.4 Å². The van der Waals surface area contributed by atoms with Crippen molar-refractivity contribution in [2.24, 2.45) is 0 Å². The number of hydrogen-bond acceptors (Lipinski definition) is 1. The Labute approximate surface area is 130 Å². The Bertz CT molecular complexity index is 594. The van der Waals surface area contributed by atoms with Crippen molar-refractivity contribution in [3.8, 4) is 5.75 Å². The molecule has 1 nitrogen and oxygen atoms in total. The van der Waals surface area contributed by atoms with Crippen LogP contribution in [-0.2, 0) is 11.9 Å². The summed E-state index contributed by atoms with van der Waals surface area (Å²) in [4.78, 5) is 0. The largest absolute Gasteiger partial charge is 0.489 e. The van der Waals surface area contributed by atoms with Crippen LogP contribution in [0.5, 0.6) is 5.75 Å². The minimum Gasteiger partial charge on any atom is -0.489 e. The zero-order valence-electron chi connectivity index (χ0n) is 12.6. The molecule has 0 aliphatic carbocycles. The second-order valence-electron chi connectivity index (χ2n) is 5.41. The number of ether oxygens (including phenoxy) is 1. The molecule has 0 bridgehead atoms. The zero-order valence-corrected chi connectivity index (χ0v) is 14.2. The topological polar surface area (TPSA) is 9.23 Å². The van der Waals surface area contributed by atoms with Gasteiger partial charge in [-0.05, 0) is 50.5 Å². The van der Waals surface area contributed by atoms with E-state index in [4.69, 9.17) is 4.74 Å². The van der Waals surface area contributed by atoms with Crippen LogP contribution >= 0.6 is 15.9 Å². The van der Waals surface area contributed by atoms with Crippen molar-refractivity contribution in [1.82, 2.24) is 0 Å². The maximum atomic E-state index is 6.04. The highest BCUT2D eigenvalue weighted by Gasteiger charge is 2.07. The maximum absolute atomic E-state index is 6.04. The highest BCUT2D eigenvalue weighted by Crippen LogP contribution is 2.25. The van der Waals surface area contributed by atoms with Crippen molar-refractivity contribution < 1.29 is 4.74 Å². The van der Waals surface area contributed by atoms with E-state index in [0.717, 1.165) is 11.1 Å². The van der Waals surface area contributed by atoms with Crippen LogP contribution in [0.2, 0.25) is 0 Å². The molecule has 0 spiro atoms. The van der Waals surface area contributed by atoms with Crippen LogP contribution < -0.4 is 4.74 Å². The molecule has 106 valence electrons. The normalized spacial score (nSPS) is 10.7. The Morgan fingerprint density at radius 1 is 0.900 bits per heavy atom. The first-order chi connectivity index (χ1) is 9.51. The standard InChI is InChI=1S/C18H21BrO/c1-12-5-6-18(16(9-12)10-19)20-11-17-14(3)7-13(2)8-15(17)4/h5-9H,10-11H2,1-4H3. The third-order valence-electron chi connectivity index (χ3n) is 3.57. The second kappa shape index (κ2) is 6.45. The van der Waals surface area contributed by atoms with E-state index in [0.29, 0.717) is 6.61 Å². The van der Waals surface area contributed by atoms with E-state index in [1.54, 1.807) is 0 Å². The van der Waals surface area contributed by atoms with Crippen LogP contribution in [0.15, 0.2) is 30.3 Å². The Morgan fingerprint density at radius 3 is 2.15 bits per heavy atom. The molecule has 0 amide bonds. The van der Waals surface area contributed by atoms with Crippen molar-refractivity contribution >= 4 is 15.9 Å². The summed E-state index contributed by atoms with van der Waals surface area (Å²) in [5, 5.41) is 0.815. The van der Waals surface area contributed by atoms with Gasteiger partial charge in [0.1, 0.15) is 12.4 Å². The minimum atomic E-state index is 0.626. The summed E-state index contributed by atoms with van der Waals surface area (Å²) >= 11 is 3.53. The molecule has 0 aliphatic rings. The van der Waals surface area contributed by atoms with Crippen LogP contribution in [0.25, 0.3) is 0 Å². The molecule has 2 aromatic carbocycles. The smallest absolute Gasteiger partial charge is 0.123 e. The van der Waals surface area contributed by atoms with Gasteiger partial charge in [0, 0.05) is 10.9 Å². The van der Waals surface area contributed by atoms with E-state index in [-0.39, 0.29) is 0 Å². The highest BCUT2D eigenvalue weighted by molar-refractivity contribution is 9.08. The fourth-order valence-corrected chi connectivity index (χ4v) is 2.98. The summed E-state index contributed by atoms with van der Waals surface area (Å²) in [6.45, 7) is 9.16. The first-order valence-corrected chi connectivity index (χ1v) is 7.98. The lowest BCUT2D eigenvalue weighted by molar-refractivity contribution is 0.302. The van der Waals surface area contributed by atoms with Crippen LogP contribution in [0, 0.1) is 27.7 Å². The summed E-state index contributed by atoms with van der Waals surface area (Å²) in [6, 6.07) is 10.7. The van der Waals surface area contributed by atoms with E-state index in [2.05, 4.69) is 74.0 Å². The van der Waals surface area contributed by atoms with Gasteiger partial charge in [0.15, 0.2) is 0 Å². The summed E-state index contributed by atoms with van der Waals surface area (Å²) in [5.41, 5.74) is 7.66. The monoisotopic (exact) mass is 332 g/mol. The number of rotatable bonds is 4. The molecule has 0 N–H and O–H groups in total. The molecule has 2 aromatic rings. The highest BCUT2D eigenvalue weighted by atomic mass is 79.9. The lowest BCUT2D eigenvalue weighted by atomic mass is 10.0. The van der Waals surface area contributed by atoms with Gasteiger partial charge in [-0.3, -0.25) is 0 Å². The lowest BCUT2D eigenvalue weighted by Gasteiger charge is -2.15. The van der Waals surface area contributed by atoms with Gasteiger partial charge in [0.05, 0.1) is 0 Å². The summed E-state index contributed by atoms with van der Waals surface area (Å²) in [7, 11) is 0.